The van der Waals surface area contributed by atoms with Crippen molar-refractivity contribution in [2.24, 2.45) is 11.8 Å². The van der Waals surface area contributed by atoms with Gasteiger partial charge in [0.15, 0.2) is 0 Å². The number of hydrogen-bond donors (Lipinski definition) is 2. The van der Waals surface area contributed by atoms with E-state index in [1.54, 1.807) is 0 Å². The Bertz CT molecular complexity index is 200. The molecule has 0 aliphatic heterocycles. The Morgan fingerprint density at radius 1 is 1.40 bits per heavy atom. The molecule has 2 atom stereocenters. The molecule has 1 aliphatic rings. The first-order chi connectivity index (χ1) is 7.15. The van der Waals surface area contributed by atoms with E-state index < -0.39 is 5.97 Å². The lowest BCUT2D eigenvalue weighted by Gasteiger charge is -2.33. The zero-order valence-electron chi connectivity index (χ0n) is 9.83. The standard InChI is InChI=1S/C12H23NO2/c1-9(8-11(14)15)12(13-2)10-6-4-3-5-7-10/h9-10,12-13H,3-8H2,1-2H3,(H,14,15). The Hall–Kier alpha value is -0.570. The minimum atomic E-state index is -0.682. The summed E-state index contributed by atoms with van der Waals surface area (Å²) in [4.78, 5) is 10.7. The first kappa shape index (κ1) is 12.5. The van der Waals surface area contributed by atoms with Gasteiger partial charge in [-0.05, 0) is 31.7 Å². The first-order valence-corrected chi connectivity index (χ1v) is 6.04. The van der Waals surface area contributed by atoms with Gasteiger partial charge in [0.05, 0.1) is 0 Å². The van der Waals surface area contributed by atoms with E-state index in [1.165, 1.54) is 32.1 Å². The molecule has 1 saturated carbocycles. The molecule has 0 radical (unpaired) electrons. The van der Waals surface area contributed by atoms with Crippen LogP contribution in [0, 0.1) is 11.8 Å². The molecule has 88 valence electrons. The Kier molecular flexibility index (Phi) is 5.09. The van der Waals surface area contributed by atoms with E-state index in [0.717, 1.165) is 0 Å². The van der Waals surface area contributed by atoms with Crippen LogP contribution >= 0.6 is 0 Å². The molecular formula is C12H23NO2. The van der Waals surface area contributed by atoms with Crippen LogP contribution in [0.1, 0.15) is 45.4 Å². The maximum absolute atomic E-state index is 10.7. The van der Waals surface area contributed by atoms with Crippen LogP contribution in [0.4, 0.5) is 0 Å². The monoisotopic (exact) mass is 213 g/mol. The van der Waals surface area contributed by atoms with Gasteiger partial charge in [0.2, 0.25) is 0 Å². The van der Waals surface area contributed by atoms with Gasteiger partial charge in [0, 0.05) is 12.5 Å². The van der Waals surface area contributed by atoms with Crippen LogP contribution in [0.25, 0.3) is 0 Å². The van der Waals surface area contributed by atoms with Crippen molar-refractivity contribution < 1.29 is 9.90 Å². The summed E-state index contributed by atoms with van der Waals surface area (Å²) < 4.78 is 0. The normalized spacial score (nSPS) is 22.3. The number of carboxylic acid groups (broad SMARTS) is 1. The Labute approximate surface area is 92.3 Å². The molecule has 0 amide bonds. The minimum absolute atomic E-state index is 0.232. The quantitative estimate of drug-likeness (QED) is 0.736. The van der Waals surface area contributed by atoms with Crippen LogP contribution in [0.2, 0.25) is 0 Å². The molecule has 0 spiro atoms. The minimum Gasteiger partial charge on any atom is -0.481 e. The van der Waals surface area contributed by atoms with Gasteiger partial charge in [-0.15, -0.1) is 0 Å². The second kappa shape index (κ2) is 6.11. The number of hydrogen-bond acceptors (Lipinski definition) is 2. The Morgan fingerprint density at radius 3 is 2.47 bits per heavy atom. The third-order valence-corrected chi connectivity index (χ3v) is 3.60. The maximum Gasteiger partial charge on any atom is 0.303 e. The highest BCUT2D eigenvalue weighted by Crippen LogP contribution is 2.30. The molecule has 0 bridgehead atoms. The van der Waals surface area contributed by atoms with E-state index in [1.807, 2.05) is 14.0 Å². The summed E-state index contributed by atoms with van der Waals surface area (Å²) >= 11 is 0. The Morgan fingerprint density at radius 2 is 2.00 bits per heavy atom. The lowest BCUT2D eigenvalue weighted by atomic mass is 9.78. The average molecular weight is 213 g/mol. The molecule has 2 N–H and O–H groups in total. The fraction of sp³-hybridized carbons (Fsp3) is 0.917. The van der Waals surface area contributed by atoms with Gasteiger partial charge < -0.3 is 10.4 Å². The van der Waals surface area contributed by atoms with Crippen molar-refractivity contribution >= 4 is 5.97 Å². The molecule has 2 unspecified atom stereocenters. The number of carbonyl (C=O) groups is 1. The summed E-state index contributed by atoms with van der Waals surface area (Å²) in [6.45, 7) is 2.05. The number of carboxylic acids is 1. The van der Waals surface area contributed by atoms with Crippen LogP contribution < -0.4 is 5.32 Å². The van der Waals surface area contributed by atoms with Crippen molar-refractivity contribution in [1.82, 2.24) is 5.32 Å². The highest BCUT2D eigenvalue weighted by atomic mass is 16.4. The van der Waals surface area contributed by atoms with Gasteiger partial charge in [-0.25, -0.2) is 0 Å². The van der Waals surface area contributed by atoms with E-state index in [-0.39, 0.29) is 12.3 Å². The molecule has 0 saturated heterocycles. The number of rotatable bonds is 5. The van der Waals surface area contributed by atoms with Crippen molar-refractivity contribution in [3.8, 4) is 0 Å². The van der Waals surface area contributed by atoms with Crippen molar-refractivity contribution in [1.29, 1.82) is 0 Å². The van der Waals surface area contributed by atoms with Gasteiger partial charge in [0.25, 0.3) is 0 Å². The smallest absolute Gasteiger partial charge is 0.303 e. The lowest BCUT2D eigenvalue weighted by Crippen LogP contribution is -2.40. The summed E-state index contributed by atoms with van der Waals surface area (Å²) in [6, 6.07) is 0.376. The zero-order valence-corrected chi connectivity index (χ0v) is 9.83. The molecule has 1 rings (SSSR count). The van der Waals surface area contributed by atoms with Gasteiger partial charge in [-0.2, -0.15) is 0 Å². The molecular weight excluding hydrogens is 190 g/mol. The first-order valence-electron chi connectivity index (χ1n) is 6.04. The predicted octanol–water partition coefficient (Wildman–Crippen LogP) is 2.27. The summed E-state index contributed by atoms with van der Waals surface area (Å²) in [5.74, 6) is 0.229. The van der Waals surface area contributed by atoms with Gasteiger partial charge in [-0.1, -0.05) is 26.2 Å². The van der Waals surface area contributed by atoms with Crippen molar-refractivity contribution in [2.75, 3.05) is 7.05 Å². The fourth-order valence-corrected chi connectivity index (χ4v) is 2.88. The molecule has 3 heteroatoms. The molecule has 0 aromatic heterocycles. The molecule has 3 nitrogen and oxygen atoms in total. The third kappa shape index (κ3) is 3.82. The number of aliphatic carboxylic acids is 1. The van der Waals surface area contributed by atoms with Crippen LogP contribution in [-0.4, -0.2) is 24.2 Å². The largest absolute Gasteiger partial charge is 0.481 e. The third-order valence-electron chi connectivity index (χ3n) is 3.60. The van der Waals surface area contributed by atoms with Crippen LogP contribution in [0.15, 0.2) is 0 Å². The molecule has 1 aliphatic carbocycles. The van der Waals surface area contributed by atoms with Crippen molar-refractivity contribution in [3.05, 3.63) is 0 Å². The van der Waals surface area contributed by atoms with E-state index >= 15 is 0 Å². The van der Waals surface area contributed by atoms with Crippen molar-refractivity contribution in [2.45, 2.75) is 51.5 Å². The highest BCUT2D eigenvalue weighted by Gasteiger charge is 2.27. The Balaban J connectivity index is 2.48. The zero-order chi connectivity index (χ0) is 11.3. The summed E-state index contributed by atoms with van der Waals surface area (Å²) in [7, 11) is 1.96. The molecule has 1 fully saturated rings. The summed E-state index contributed by atoms with van der Waals surface area (Å²) in [5.41, 5.74) is 0. The molecule has 0 aromatic carbocycles. The van der Waals surface area contributed by atoms with E-state index in [2.05, 4.69) is 5.32 Å². The van der Waals surface area contributed by atoms with Crippen LogP contribution in [0.3, 0.4) is 0 Å². The molecule has 0 heterocycles. The fourth-order valence-electron chi connectivity index (χ4n) is 2.88. The second-order valence-electron chi connectivity index (χ2n) is 4.79. The van der Waals surface area contributed by atoms with Gasteiger partial charge in [0.1, 0.15) is 0 Å². The maximum atomic E-state index is 10.7. The average Bonchev–Trinajstić information content (AvgIpc) is 2.19. The summed E-state index contributed by atoms with van der Waals surface area (Å²) in [5, 5.41) is 12.1. The van der Waals surface area contributed by atoms with E-state index in [4.69, 9.17) is 5.11 Å². The van der Waals surface area contributed by atoms with E-state index in [0.29, 0.717) is 12.0 Å². The predicted molar refractivity (Wildman–Crippen MR) is 60.8 cm³/mol. The molecule has 0 aromatic rings. The van der Waals surface area contributed by atoms with Crippen molar-refractivity contribution in [3.63, 3.8) is 0 Å². The van der Waals surface area contributed by atoms with Gasteiger partial charge >= 0.3 is 5.97 Å². The SMILES string of the molecule is CNC(C(C)CC(=O)O)C1CCCCC1. The second-order valence-corrected chi connectivity index (χ2v) is 4.79. The highest BCUT2D eigenvalue weighted by molar-refractivity contribution is 5.67. The number of nitrogens with one attached hydrogen (secondary N) is 1. The summed E-state index contributed by atoms with van der Waals surface area (Å²) in [6.07, 6.45) is 6.76. The molecule has 15 heavy (non-hydrogen) atoms. The lowest BCUT2D eigenvalue weighted by molar-refractivity contribution is -0.138. The topological polar surface area (TPSA) is 49.3 Å². The van der Waals surface area contributed by atoms with Crippen LogP contribution in [0.5, 0.6) is 0 Å². The van der Waals surface area contributed by atoms with Gasteiger partial charge in [-0.3, -0.25) is 4.79 Å². The van der Waals surface area contributed by atoms with Crippen LogP contribution in [-0.2, 0) is 4.79 Å². The van der Waals surface area contributed by atoms with E-state index in [9.17, 15) is 4.79 Å².